The number of ether oxygens (including phenoxy) is 1. The summed E-state index contributed by atoms with van der Waals surface area (Å²) in [5.41, 5.74) is 1.40. The predicted molar refractivity (Wildman–Crippen MR) is 103 cm³/mol. The SMILES string of the molecule is CCN(CC1CCNCC1)C(C)Cc1ccc(OC)cc1.Cl.Cl. The molecule has 1 heterocycles. The smallest absolute Gasteiger partial charge is 0.118 e. The molecule has 1 aromatic rings. The summed E-state index contributed by atoms with van der Waals surface area (Å²) in [6.07, 6.45) is 3.76. The van der Waals surface area contributed by atoms with E-state index in [4.69, 9.17) is 4.74 Å². The van der Waals surface area contributed by atoms with Crippen LogP contribution in [0.4, 0.5) is 0 Å². The number of methoxy groups -OCH3 is 1. The molecule has 0 aromatic heterocycles. The Kier molecular flexibility index (Phi) is 11.7. The Morgan fingerprint density at radius 3 is 2.30 bits per heavy atom. The third-order valence-electron chi connectivity index (χ3n) is 4.67. The van der Waals surface area contributed by atoms with Gasteiger partial charge in [0.05, 0.1) is 7.11 Å². The van der Waals surface area contributed by atoms with Gasteiger partial charge in [-0.15, -0.1) is 24.8 Å². The van der Waals surface area contributed by atoms with Crippen LogP contribution in [-0.2, 0) is 6.42 Å². The van der Waals surface area contributed by atoms with Gasteiger partial charge in [-0.3, -0.25) is 0 Å². The molecular weight excluding hydrogens is 331 g/mol. The fourth-order valence-electron chi connectivity index (χ4n) is 3.25. The Hall–Kier alpha value is -0.480. The van der Waals surface area contributed by atoms with Crippen LogP contribution in [-0.4, -0.2) is 44.2 Å². The summed E-state index contributed by atoms with van der Waals surface area (Å²) in [5.74, 6) is 1.80. The van der Waals surface area contributed by atoms with Gasteiger partial charge < -0.3 is 15.0 Å². The van der Waals surface area contributed by atoms with E-state index in [-0.39, 0.29) is 24.8 Å². The zero-order valence-corrected chi connectivity index (χ0v) is 16.2. The van der Waals surface area contributed by atoms with Gasteiger partial charge in [0.2, 0.25) is 0 Å². The van der Waals surface area contributed by atoms with Crippen LogP contribution in [0.1, 0.15) is 32.3 Å². The molecule has 0 aliphatic carbocycles. The maximum absolute atomic E-state index is 5.23. The van der Waals surface area contributed by atoms with Crippen molar-refractivity contribution in [1.82, 2.24) is 10.2 Å². The molecule has 0 amide bonds. The van der Waals surface area contributed by atoms with Crippen LogP contribution < -0.4 is 10.1 Å². The van der Waals surface area contributed by atoms with Crippen molar-refractivity contribution in [3.05, 3.63) is 29.8 Å². The standard InChI is InChI=1S/C18H30N2O.2ClH/c1-4-20(14-17-9-11-19-12-10-17)15(2)13-16-5-7-18(21-3)8-6-16;;/h5-8,15,17,19H,4,9-14H2,1-3H3;2*1H. The van der Waals surface area contributed by atoms with Gasteiger partial charge in [0.25, 0.3) is 0 Å². The van der Waals surface area contributed by atoms with Gasteiger partial charge in [-0.25, -0.2) is 0 Å². The van der Waals surface area contributed by atoms with E-state index in [9.17, 15) is 0 Å². The highest BCUT2D eigenvalue weighted by molar-refractivity contribution is 5.85. The molecule has 0 radical (unpaired) electrons. The second kappa shape index (κ2) is 12.0. The average molecular weight is 363 g/mol. The van der Waals surface area contributed by atoms with Crippen molar-refractivity contribution in [3.8, 4) is 5.75 Å². The number of halogens is 2. The lowest BCUT2D eigenvalue weighted by Crippen LogP contribution is -2.41. The van der Waals surface area contributed by atoms with Crippen molar-refractivity contribution < 1.29 is 4.74 Å². The lowest BCUT2D eigenvalue weighted by Gasteiger charge is -2.33. The summed E-state index contributed by atoms with van der Waals surface area (Å²) >= 11 is 0. The van der Waals surface area contributed by atoms with Crippen LogP contribution in [0, 0.1) is 5.92 Å². The third kappa shape index (κ3) is 7.30. The van der Waals surface area contributed by atoms with Crippen LogP contribution in [0.25, 0.3) is 0 Å². The number of nitrogens with zero attached hydrogens (tertiary/aromatic N) is 1. The Balaban J connectivity index is 0.00000242. The number of hydrogen-bond acceptors (Lipinski definition) is 3. The largest absolute Gasteiger partial charge is 0.497 e. The molecule has 1 N–H and O–H groups in total. The zero-order chi connectivity index (χ0) is 15.1. The predicted octanol–water partition coefficient (Wildman–Crippen LogP) is 3.79. The van der Waals surface area contributed by atoms with Crippen LogP contribution >= 0.6 is 24.8 Å². The van der Waals surface area contributed by atoms with E-state index < -0.39 is 0 Å². The Morgan fingerprint density at radius 2 is 1.78 bits per heavy atom. The summed E-state index contributed by atoms with van der Waals surface area (Å²) in [5, 5.41) is 3.46. The summed E-state index contributed by atoms with van der Waals surface area (Å²) < 4.78 is 5.23. The molecule has 134 valence electrons. The molecule has 2 rings (SSSR count). The molecule has 0 spiro atoms. The zero-order valence-electron chi connectivity index (χ0n) is 14.6. The van der Waals surface area contributed by atoms with Crippen LogP contribution in [0.5, 0.6) is 5.75 Å². The molecule has 0 saturated carbocycles. The Morgan fingerprint density at radius 1 is 1.17 bits per heavy atom. The summed E-state index contributed by atoms with van der Waals surface area (Å²) in [4.78, 5) is 2.64. The number of hydrogen-bond donors (Lipinski definition) is 1. The van der Waals surface area contributed by atoms with Gasteiger partial charge in [-0.05, 0) is 69.4 Å². The Labute approximate surface area is 154 Å². The van der Waals surface area contributed by atoms with E-state index in [1.54, 1.807) is 7.11 Å². The highest BCUT2D eigenvalue weighted by Gasteiger charge is 2.19. The van der Waals surface area contributed by atoms with Crippen LogP contribution in [0.15, 0.2) is 24.3 Å². The Bertz CT molecular complexity index is 408. The lowest BCUT2D eigenvalue weighted by atomic mass is 9.96. The average Bonchev–Trinajstić information content (AvgIpc) is 2.54. The minimum absolute atomic E-state index is 0. The van der Waals surface area contributed by atoms with E-state index in [1.807, 2.05) is 0 Å². The number of nitrogens with one attached hydrogen (secondary N) is 1. The number of likely N-dealkylation sites (N-methyl/N-ethyl adjacent to an activating group) is 1. The molecule has 1 aliphatic rings. The first-order valence-electron chi connectivity index (χ1n) is 8.30. The monoisotopic (exact) mass is 362 g/mol. The van der Waals surface area contributed by atoms with E-state index in [0.29, 0.717) is 6.04 Å². The topological polar surface area (TPSA) is 24.5 Å². The molecule has 1 unspecified atom stereocenters. The van der Waals surface area contributed by atoms with Crippen molar-refractivity contribution in [2.75, 3.05) is 33.3 Å². The fourth-order valence-corrected chi connectivity index (χ4v) is 3.25. The first kappa shape index (κ1) is 22.5. The van der Waals surface area contributed by atoms with Gasteiger partial charge in [-0.2, -0.15) is 0 Å². The molecule has 23 heavy (non-hydrogen) atoms. The molecule has 0 bridgehead atoms. The number of benzene rings is 1. The first-order valence-corrected chi connectivity index (χ1v) is 8.30. The van der Waals surface area contributed by atoms with Crippen molar-refractivity contribution in [2.24, 2.45) is 5.92 Å². The second-order valence-corrected chi connectivity index (χ2v) is 6.18. The summed E-state index contributed by atoms with van der Waals surface area (Å²) in [6, 6.07) is 9.09. The highest BCUT2D eigenvalue weighted by atomic mass is 35.5. The molecule has 3 nitrogen and oxygen atoms in total. The molecule has 1 aromatic carbocycles. The van der Waals surface area contributed by atoms with Crippen LogP contribution in [0.3, 0.4) is 0 Å². The van der Waals surface area contributed by atoms with Crippen LogP contribution in [0.2, 0.25) is 0 Å². The van der Waals surface area contributed by atoms with Crippen molar-refractivity contribution in [3.63, 3.8) is 0 Å². The van der Waals surface area contributed by atoms with Gasteiger partial charge in [0.15, 0.2) is 0 Å². The molecule has 1 fully saturated rings. The van der Waals surface area contributed by atoms with Crippen molar-refractivity contribution in [1.29, 1.82) is 0 Å². The van der Waals surface area contributed by atoms with Gasteiger partial charge in [-0.1, -0.05) is 19.1 Å². The van der Waals surface area contributed by atoms with E-state index in [0.717, 1.165) is 24.6 Å². The third-order valence-corrected chi connectivity index (χ3v) is 4.67. The number of piperidine rings is 1. The molecule has 5 heteroatoms. The minimum atomic E-state index is 0. The van der Waals surface area contributed by atoms with E-state index in [1.165, 1.54) is 38.0 Å². The molecule has 1 atom stereocenters. The highest BCUT2D eigenvalue weighted by Crippen LogP contribution is 2.18. The summed E-state index contributed by atoms with van der Waals surface area (Å²) in [7, 11) is 1.72. The fraction of sp³-hybridized carbons (Fsp3) is 0.667. The number of rotatable bonds is 7. The molecular formula is C18H32Cl2N2O. The van der Waals surface area contributed by atoms with Crippen molar-refractivity contribution in [2.45, 2.75) is 39.2 Å². The second-order valence-electron chi connectivity index (χ2n) is 6.18. The maximum Gasteiger partial charge on any atom is 0.118 e. The first-order chi connectivity index (χ1) is 10.2. The van der Waals surface area contributed by atoms with Gasteiger partial charge in [0, 0.05) is 12.6 Å². The molecule has 1 aliphatic heterocycles. The van der Waals surface area contributed by atoms with E-state index >= 15 is 0 Å². The van der Waals surface area contributed by atoms with E-state index in [2.05, 4.69) is 48.3 Å². The van der Waals surface area contributed by atoms with Crippen molar-refractivity contribution >= 4 is 24.8 Å². The quantitative estimate of drug-likeness (QED) is 0.798. The summed E-state index contributed by atoms with van der Waals surface area (Å²) in [6.45, 7) is 9.40. The normalized spacial score (nSPS) is 16.3. The minimum Gasteiger partial charge on any atom is -0.497 e. The maximum atomic E-state index is 5.23. The van der Waals surface area contributed by atoms with Gasteiger partial charge >= 0.3 is 0 Å². The molecule has 1 saturated heterocycles. The van der Waals surface area contributed by atoms with Gasteiger partial charge in [0.1, 0.15) is 5.75 Å². The lowest BCUT2D eigenvalue weighted by molar-refractivity contribution is 0.167.